The maximum Gasteiger partial charge on any atom is 0.271 e. The van der Waals surface area contributed by atoms with Crippen LogP contribution < -0.4 is 0 Å². The van der Waals surface area contributed by atoms with E-state index in [9.17, 15) is 14.9 Å². The van der Waals surface area contributed by atoms with Gasteiger partial charge in [0.05, 0.1) is 21.6 Å². The number of benzene rings is 1. The molecule has 34 heavy (non-hydrogen) atoms. The van der Waals surface area contributed by atoms with E-state index in [1.165, 1.54) is 43.5 Å². The summed E-state index contributed by atoms with van der Waals surface area (Å²) in [4.78, 5) is 32.2. The lowest BCUT2D eigenvalue weighted by Gasteiger charge is -2.31. The van der Waals surface area contributed by atoms with Crippen LogP contribution in [0.2, 0.25) is 0 Å². The van der Waals surface area contributed by atoms with E-state index >= 15 is 0 Å². The SMILES string of the molecule is O=C1C(=Cc2cccn2-c2cccc([N+](=O)[O-])c2)SC(=NC2CCCCC2)N1C1CCCCC1. The van der Waals surface area contributed by atoms with Crippen molar-refractivity contribution in [1.82, 2.24) is 9.47 Å². The highest BCUT2D eigenvalue weighted by molar-refractivity contribution is 8.18. The number of amidine groups is 1. The summed E-state index contributed by atoms with van der Waals surface area (Å²) in [7, 11) is 0. The molecule has 2 saturated carbocycles. The van der Waals surface area contributed by atoms with Crippen LogP contribution >= 0.6 is 11.8 Å². The van der Waals surface area contributed by atoms with Crippen LogP contribution in [0, 0.1) is 10.1 Å². The zero-order valence-corrected chi connectivity index (χ0v) is 20.1. The van der Waals surface area contributed by atoms with Crippen LogP contribution in [0.1, 0.15) is 69.9 Å². The minimum Gasteiger partial charge on any atom is -0.317 e. The highest BCUT2D eigenvalue weighted by Gasteiger charge is 2.39. The number of amides is 1. The van der Waals surface area contributed by atoms with Crippen molar-refractivity contribution in [2.24, 2.45) is 4.99 Å². The van der Waals surface area contributed by atoms with Crippen molar-refractivity contribution in [3.05, 3.63) is 63.3 Å². The number of aromatic nitrogens is 1. The average molecular weight is 479 g/mol. The first-order valence-electron chi connectivity index (χ1n) is 12.3. The molecule has 1 amide bonds. The fourth-order valence-corrected chi connectivity index (χ4v) is 6.34. The maximum atomic E-state index is 13.6. The number of aliphatic imine (C=N–C) groups is 1. The number of nitro groups is 1. The minimum atomic E-state index is -0.391. The molecule has 2 aromatic rings. The Bertz CT molecular complexity index is 1130. The van der Waals surface area contributed by atoms with Crippen LogP contribution in [0.3, 0.4) is 0 Å². The number of non-ortho nitro benzene ring substituents is 1. The molecule has 8 heteroatoms. The Morgan fingerprint density at radius 1 is 1.00 bits per heavy atom. The molecule has 1 aromatic heterocycles. The van der Waals surface area contributed by atoms with Gasteiger partial charge in [-0.25, -0.2) is 0 Å². The fraction of sp³-hybridized carbons (Fsp3) is 0.462. The number of nitrogens with zero attached hydrogens (tertiary/aromatic N) is 4. The number of hydrogen-bond acceptors (Lipinski definition) is 5. The predicted molar refractivity (Wildman–Crippen MR) is 136 cm³/mol. The first-order valence-corrected chi connectivity index (χ1v) is 13.1. The highest BCUT2D eigenvalue weighted by Crippen LogP contribution is 2.38. The van der Waals surface area contributed by atoms with Gasteiger partial charge in [-0.2, -0.15) is 0 Å². The minimum absolute atomic E-state index is 0.0400. The average Bonchev–Trinajstić information content (AvgIpc) is 3.45. The molecule has 3 aliphatic rings. The van der Waals surface area contributed by atoms with Gasteiger partial charge in [-0.3, -0.25) is 24.8 Å². The number of carbonyl (C=O) groups excluding carboxylic acids is 1. The van der Waals surface area contributed by atoms with Crippen molar-refractivity contribution in [2.75, 3.05) is 0 Å². The van der Waals surface area contributed by atoms with E-state index < -0.39 is 4.92 Å². The first-order chi connectivity index (χ1) is 16.6. The van der Waals surface area contributed by atoms with Gasteiger partial charge in [0.15, 0.2) is 5.17 Å². The topological polar surface area (TPSA) is 80.7 Å². The van der Waals surface area contributed by atoms with Crippen molar-refractivity contribution < 1.29 is 9.72 Å². The third-order valence-corrected chi connectivity index (χ3v) is 8.02. The summed E-state index contributed by atoms with van der Waals surface area (Å²) in [5.41, 5.74) is 1.56. The lowest BCUT2D eigenvalue weighted by molar-refractivity contribution is -0.384. The van der Waals surface area contributed by atoms with Gasteiger partial charge in [0, 0.05) is 30.1 Å². The Labute approximate surface area is 204 Å². The molecule has 1 saturated heterocycles. The van der Waals surface area contributed by atoms with Crippen molar-refractivity contribution in [1.29, 1.82) is 0 Å². The van der Waals surface area contributed by atoms with Crippen molar-refractivity contribution >= 4 is 34.6 Å². The number of hydrogen-bond donors (Lipinski definition) is 0. The lowest BCUT2D eigenvalue weighted by Crippen LogP contribution is -2.41. The molecule has 5 rings (SSSR count). The molecule has 1 aromatic carbocycles. The van der Waals surface area contributed by atoms with Crippen LogP contribution in [0.25, 0.3) is 11.8 Å². The molecule has 0 bridgehead atoms. The molecular weight excluding hydrogens is 448 g/mol. The quantitative estimate of drug-likeness (QED) is 0.286. The summed E-state index contributed by atoms with van der Waals surface area (Å²) in [5, 5.41) is 12.1. The van der Waals surface area contributed by atoms with Gasteiger partial charge in [-0.05, 0) is 61.7 Å². The van der Waals surface area contributed by atoms with E-state index in [0.29, 0.717) is 16.6 Å². The second-order valence-corrected chi connectivity index (χ2v) is 10.4. The van der Waals surface area contributed by atoms with Crippen molar-refractivity contribution in [2.45, 2.75) is 76.3 Å². The normalized spacial score (nSPS) is 22.7. The molecule has 178 valence electrons. The van der Waals surface area contributed by atoms with Crippen molar-refractivity contribution in [3.63, 3.8) is 0 Å². The van der Waals surface area contributed by atoms with Crippen LogP contribution in [0.5, 0.6) is 0 Å². The van der Waals surface area contributed by atoms with Gasteiger partial charge in [-0.1, -0.05) is 44.6 Å². The third-order valence-electron chi connectivity index (χ3n) is 7.02. The zero-order valence-electron chi connectivity index (χ0n) is 19.3. The molecule has 2 heterocycles. The van der Waals surface area contributed by atoms with Gasteiger partial charge in [-0.15, -0.1) is 0 Å². The van der Waals surface area contributed by atoms with Crippen LogP contribution in [-0.4, -0.2) is 37.5 Å². The molecule has 2 aliphatic carbocycles. The molecule has 0 unspecified atom stereocenters. The second kappa shape index (κ2) is 10.2. The van der Waals surface area contributed by atoms with E-state index in [1.54, 1.807) is 12.1 Å². The number of nitro benzene ring substituents is 1. The summed E-state index contributed by atoms with van der Waals surface area (Å²) >= 11 is 1.49. The molecular formula is C26H30N4O3S. The molecule has 0 radical (unpaired) electrons. The van der Waals surface area contributed by atoms with Crippen LogP contribution in [-0.2, 0) is 4.79 Å². The first kappa shape index (κ1) is 22.9. The fourth-order valence-electron chi connectivity index (χ4n) is 5.24. The Balaban J connectivity index is 1.47. The standard InChI is InChI=1S/C26H30N4O3S/c31-25-24(18-22-15-8-16-28(22)21-13-7-14-23(17-21)30(32)33)34-26(27-19-9-3-1-4-10-19)29(25)20-11-5-2-6-12-20/h7-8,13-20H,1-6,9-12H2. The Kier molecular flexibility index (Phi) is 6.85. The number of carbonyl (C=O) groups is 1. The summed E-state index contributed by atoms with van der Waals surface area (Å²) in [6.45, 7) is 0. The Morgan fingerprint density at radius 2 is 1.74 bits per heavy atom. The summed E-state index contributed by atoms with van der Waals surface area (Å²) in [5.74, 6) is 0.0400. The number of thioether (sulfide) groups is 1. The summed E-state index contributed by atoms with van der Waals surface area (Å²) < 4.78 is 1.88. The van der Waals surface area contributed by atoms with E-state index in [1.807, 2.05) is 39.9 Å². The Morgan fingerprint density at radius 3 is 2.47 bits per heavy atom. The smallest absolute Gasteiger partial charge is 0.271 e. The summed E-state index contributed by atoms with van der Waals surface area (Å²) in [6, 6.07) is 10.9. The van der Waals surface area contributed by atoms with Crippen molar-refractivity contribution in [3.8, 4) is 5.69 Å². The zero-order chi connectivity index (χ0) is 23.5. The van der Waals surface area contributed by atoms with Gasteiger partial charge in [0.2, 0.25) is 0 Å². The summed E-state index contributed by atoms with van der Waals surface area (Å²) in [6.07, 6.45) is 15.3. The van der Waals surface area contributed by atoms with Gasteiger partial charge >= 0.3 is 0 Å². The molecule has 3 fully saturated rings. The molecule has 0 N–H and O–H groups in total. The van der Waals surface area contributed by atoms with Gasteiger partial charge < -0.3 is 4.57 Å². The predicted octanol–water partition coefficient (Wildman–Crippen LogP) is 6.32. The third kappa shape index (κ3) is 4.82. The molecule has 0 spiro atoms. The van der Waals surface area contributed by atoms with Crippen LogP contribution in [0.4, 0.5) is 5.69 Å². The molecule has 1 aliphatic heterocycles. The van der Waals surface area contributed by atoms with Gasteiger partial charge in [0.1, 0.15) is 0 Å². The van der Waals surface area contributed by atoms with E-state index in [4.69, 9.17) is 4.99 Å². The monoisotopic (exact) mass is 478 g/mol. The van der Waals surface area contributed by atoms with E-state index in [-0.39, 0.29) is 17.6 Å². The van der Waals surface area contributed by atoms with E-state index in [2.05, 4.69) is 0 Å². The lowest BCUT2D eigenvalue weighted by atomic mass is 9.94. The Hall–Kier alpha value is -2.87. The van der Waals surface area contributed by atoms with Gasteiger partial charge in [0.25, 0.3) is 11.6 Å². The number of rotatable bonds is 5. The molecule has 0 atom stereocenters. The van der Waals surface area contributed by atoms with E-state index in [0.717, 1.165) is 49.4 Å². The highest BCUT2D eigenvalue weighted by atomic mass is 32.2. The maximum absolute atomic E-state index is 13.6. The molecule has 7 nitrogen and oxygen atoms in total. The largest absolute Gasteiger partial charge is 0.317 e. The second-order valence-electron chi connectivity index (χ2n) is 9.36. The van der Waals surface area contributed by atoms with Crippen LogP contribution in [0.15, 0.2) is 52.5 Å².